The van der Waals surface area contributed by atoms with Crippen molar-refractivity contribution in [2.24, 2.45) is 7.05 Å². The minimum atomic E-state index is -1.20. The van der Waals surface area contributed by atoms with Crippen molar-refractivity contribution in [3.8, 4) is 0 Å². The smallest absolute Gasteiger partial charge is 0.240 e. The van der Waals surface area contributed by atoms with E-state index >= 15 is 0 Å². The molecule has 3 heterocycles. The molecule has 8 heteroatoms. The molecule has 2 aliphatic heterocycles. The molecule has 2 saturated heterocycles. The quantitative estimate of drug-likeness (QED) is 0.603. The Hall–Kier alpha value is -3.00. The van der Waals surface area contributed by atoms with E-state index in [-0.39, 0.29) is 49.8 Å². The van der Waals surface area contributed by atoms with Crippen LogP contribution in [0.4, 0.5) is 0 Å². The second-order valence-electron chi connectivity index (χ2n) is 9.09. The second-order valence-corrected chi connectivity index (χ2v) is 9.09. The predicted octanol–water partition coefficient (Wildman–Crippen LogP) is 2.52. The number of likely N-dealkylation sites (tertiary alicyclic amines) is 2. The summed E-state index contributed by atoms with van der Waals surface area (Å²) >= 11 is 0. The molecule has 8 nitrogen and oxygen atoms in total. The van der Waals surface area contributed by atoms with E-state index in [4.69, 9.17) is 4.74 Å². The minimum Gasteiger partial charge on any atom is -0.383 e. The van der Waals surface area contributed by atoms with Crippen LogP contribution in [0.1, 0.15) is 55.1 Å². The number of hydrogen-bond acceptors (Lipinski definition) is 5. The lowest BCUT2D eigenvalue weighted by Crippen LogP contribution is -2.46. The fourth-order valence-electron chi connectivity index (χ4n) is 5.32. The number of carbonyl (C=O) groups excluding carboxylic acids is 3. The number of rotatable bonds is 7. The van der Waals surface area contributed by atoms with E-state index in [1.807, 2.05) is 53.9 Å². The van der Waals surface area contributed by atoms with Gasteiger partial charge in [-0.25, -0.2) is 4.98 Å². The van der Waals surface area contributed by atoms with Crippen molar-refractivity contribution in [1.82, 2.24) is 19.4 Å². The third-order valence-corrected chi connectivity index (χ3v) is 7.02. The highest BCUT2D eigenvalue weighted by molar-refractivity contribution is 6.11. The number of benzene rings is 1. The number of piperidine rings is 1. The van der Waals surface area contributed by atoms with E-state index in [9.17, 15) is 14.4 Å². The average molecular weight is 453 g/mol. The van der Waals surface area contributed by atoms with Crippen molar-refractivity contribution in [3.63, 3.8) is 0 Å². The Morgan fingerprint density at radius 1 is 1.24 bits per heavy atom. The maximum absolute atomic E-state index is 13.8. The molecular formula is C25H32N4O4. The summed E-state index contributed by atoms with van der Waals surface area (Å²) in [6, 6.07) is 7.44. The molecule has 0 saturated carbocycles. The molecule has 4 rings (SSSR count). The maximum atomic E-state index is 13.8. The van der Waals surface area contributed by atoms with Gasteiger partial charge in [-0.2, -0.15) is 0 Å². The molecule has 0 aliphatic carbocycles. The van der Waals surface area contributed by atoms with Crippen LogP contribution in [-0.2, 0) is 31.6 Å². The first kappa shape index (κ1) is 23.2. The van der Waals surface area contributed by atoms with Gasteiger partial charge in [0.2, 0.25) is 17.7 Å². The lowest BCUT2D eigenvalue weighted by Gasteiger charge is -2.38. The van der Waals surface area contributed by atoms with Crippen LogP contribution in [-0.4, -0.2) is 63.9 Å². The molecule has 2 aromatic rings. The number of amides is 3. The number of aryl methyl sites for hydroxylation is 2. The molecule has 176 valence electrons. The van der Waals surface area contributed by atoms with E-state index in [0.717, 1.165) is 36.2 Å². The van der Waals surface area contributed by atoms with Crippen molar-refractivity contribution < 1.29 is 19.1 Å². The summed E-state index contributed by atoms with van der Waals surface area (Å²) < 4.78 is 7.06. The van der Waals surface area contributed by atoms with Gasteiger partial charge in [-0.05, 0) is 37.3 Å². The Labute approximate surface area is 194 Å². The van der Waals surface area contributed by atoms with Gasteiger partial charge in [0.05, 0.1) is 24.6 Å². The zero-order valence-electron chi connectivity index (χ0n) is 19.6. The lowest BCUT2D eigenvalue weighted by atomic mass is 9.73. The number of methoxy groups -OCH3 is 1. The summed E-state index contributed by atoms with van der Waals surface area (Å²) in [6.07, 6.45) is 6.35. The Morgan fingerprint density at radius 2 is 2.03 bits per heavy atom. The van der Waals surface area contributed by atoms with Crippen LogP contribution in [0.3, 0.4) is 0 Å². The van der Waals surface area contributed by atoms with Crippen LogP contribution >= 0.6 is 0 Å². The molecule has 0 spiro atoms. The van der Waals surface area contributed by atoms with Gasteiger partial charge in [0.25, 0.3) is 0 Å². The van der Waals surface area contributed by atoms with E-state index in [1.54, 1.807) is 6.20 Å². The van der Waals surface area contributed by atoms with Crippen molar-refractivity contribution in [1.29, 1.82) is 0 Å². The van der Waals surface area contributed by atoms with Crippen LogP contribution in [0.5, 0.6) is 0 Å². The van der Waals surface area contributed by atoms with Crippen LogP contribution in [0.25, 0.3) is 0 Å². The van der Waals surface area contributed by atoms with Crippen molar-refractivity contribution in [3.05, 3.63) is 53.6 Å². The third kappa shape index (κ3) is 4.19. The number of imidazole rings is 1. The van der Waals surface area contributed by atoms with Crippen molar-refractivity contribution in [2.45, 2.75) is 50.5 Å². The van der Waals surface area contributed by atoms with Gasteiger partial charge in [-0.15, -0.1) is 0 Å². The summed E-state index contributed by atoms with van der Waals surface area (Å²) in [5.74, 6) is 0.175. The van der Waals surface area contributed by atoms with Crippen molar-refractivity contribution in [2.75, 3.05) is 26.8 Å². The van der Waals surface area contributed by atoms with Gasteiger partial charge in [0.15, 0.2) is 0 Å². The number of imide groups is 1. The number of hydrogen-bond donors (Lipinski definition) is 0. The van der Waals surface area contributed by atoms with Gasteiger partial charge in [-0.3, -0.25) is 19.3 Å². The number of aromatic nitrogens is 2. The predicted molar refractivity (Wildman–Crippen MR) is 122 cm³/mol. The highest BCUT2D eigenvalue weighted by Crippen LogP contribution is 2.43. The fraction of sp³-hybridized carbons (Fsp3) is 0.520. The lowest BCUT2D eigenvalue weighted by molar-refractivity contribution is -0.144. The minimum absolute atomic E-state index is 0.00689. The van der Waals surface area contributed by atoms with Crippen molar-refractivity contribution >= 4 is 17.7 Å². The molecule has 0 radical (unpaired) electrons. The fourth-order valence-corrected chi connectivity index (χ4v) is 5.32. The monoisotopic (exact) mass is 452 g/mol. The molecule has 3 amide bonds. The Bertz CT molecular complexity index is 1050. The van der Waals surface area contributed by atoms with Gasteiger partial charge in [0, 0.05) is 45.9 Å². The summed E-state index contributed by atoms with van der Waals surface area (Å²) in [5, 5.41) is 0. The van der Waals surface area contributed by atoms with Crippen LogP contribution < -0.4 is 0 Å². The third-order valence-electron chi connectivity index (χ3n) is 7.02. The SMILES string of the molecule is COCCN1C(=O)C[C@@](CC(=O)N2CCCC[C@H]2c2nccn2C)(c2ccccc2C)C1=O. The molecule has 1 aromatic heterocycles. The molecule has 1 aromatic carbocycles. The number of carbonyl (C=O) groups is 3. The Morgan fingerprint density at radius 3 is 2.73 bits per heavy atom. The molecule has 0 N–H and O–H groups in total. The average Bonchev–Trinajstić information content (AvgIpc) is 3.33. The molecule has 0 bridgehead atoms. The second kappa shape index (κ2) is 9.47. The first-order chi connectivity index (χ1) is 15.9. The zero-order chi connectivity index (χ0) is 23.6. The topological polar surface area (TPSA) is 84.7 Å². The molecule has 2 atom stereocenters. The molecule has 2 fully saturated rings. The summed E-state index contributed by atoms with van der Waals surface area (Å²) in [4.78, 5) is 48.1. The largest absolute Gasteiger partial charge is 0.383 e. The van der Waals surface area contributed by atoms with Crippen LogP contribution in [0, 0.1) is 6.92 Å². The zero-order valence-corrected chi connectivity index (χ0v) is 19.6. The maximum Gasteiger partial charge on any atom is 0.240 e. The standard InChI is InChI=1S/C25H32N4O4/c1-18-8-4-5-9-19(18)25(17-22(31)29(24(25)32)14-15-33-3)16-21(30)28-12-7-6-10-20(28)23-26-11-13-27(23)2/h4-5,8-9,11,13,20H,6-7,10,12,14-17H2,1-3H3/t20-,25-/m0/s1. The van der Waals surface area contributed by atoms with E-state index < -0.39 is 5.41 Å². The Balaban J connectivity index is 1.70. The Kier molecular flexibility index (Phi) is 6.65. The summed E-state index contributed by atoms with van der Waals surface area (Å²) in [6.45, 7) is 3.00. The summed E-state index contributed by atoms with van der Waals surface area (Å²) in [7, 11) is 3.47. The molecule has 33 heavy (non-hydrogen) atoms. The number of ether oxygens (including phenoxy) is 1. The molecule has 0 unspecified atom stereocenters. The van der Waals surface area contributed by atoms with Gasteiger partial charge < -0.3 is 14.2 Å². The van der Waals surface area contributed by atoms with Gasteiger partial charge in [-0.1, -0.05) is 24.3 Å². The van der Waals surface area contributed by atoms with Gasteiger partial charge >= 0.3 is 0 Å². The highest BCUT2D eigenvalue weighted by atomic mass is 16.5. The molecular weight excluding hydrogens is 420 g/mol. The first-order valence-electron chi connectivity index (χ1n) is 11.6. The van der Waals surface area contributed by atoms with E-state index in [2.05, 4.69) is 4.98 Å². The van der Waals surface area contributed by atoms with Crippen LogP contribution in [0.2, 0.25) is 0 Å². The van der Waals surface area contributed by atoms with Gasteiger partial charge in [0.1, 0.15) is 5.82 Å². The summed E-state index contributed by atoms with van der Waals surface area (Å²) in [5.41, 5.74) is 0.457. The molecule has 2 aliphatic rings. The van der Waals surface area contributed by atoms with E-state index in [1.165, 1.54) is 12.0 Å². The van der Waals surface area contributed by atoms with E-state index in [0.29, 0.717) is 6.54 Å². The first-order valence-corrected chi connectivity index (χ1v) is 11.6. The normalized spacial score (nSPS) is 23.4. The number of nitrogens with zero attached hydrogens (tertiary/aromatic N) is 4. The van der Waals surface area contributed by atoms with Crippen LogP contribution in [0.15, 0.2) is 36.7 Å². The highest BCUT2D eigenvalue weighted by Gasteiger charge is 2.54.